The summed E-state index contributed by atoms with van der Waals surface area (Å²) >= 11 is 2.97. The van der Waals surface area contributed by atoms with Crippen LogP contribution < -0.4 is 4.72 Å². The molecule has 0 heterocycles. The molecule has 0 bridgehead atoms. The highest BCUT2D eigenvalue weighted by Gasteiger charge is 2.07. The molecule has 0 saturated heterocycles. The molecular formula is C9H8BrF2NO2S. The van der Waals surface area contributed by atoms with Gasteiger partial charge in [-0.15, -0.1) is 0 Å². The van der Waals surface area contributed by atoms with E-state index in [1.54, 1.807) is 0 Å². The Labute approximate surface area is 100 Å². The molecule has 0 aliphatic heterocycles. The average Bonchev–Trinajstić information content (AvgIpc) is 2.13. The monoisotopic (exact) mass is 311 g/mol. The Kier molecular flexibility index (Phi) is 4.03. The molecule has 1 aromatic rings. The highest BCUT2D eigenvalue weighted by Crippen LogP contribution is 2.25. The molecule has 0 saturated carbocycles. The van der Waals surface area contributed by atoms with Crippen molar-refractivity contribution in [1.82, 2.24) is 4.72 Å². The zero-order chi connectivity index (χ0) is 12.3. The van der Waals surface area contributed by atoms with Crippen LogP contribution in [0.25, 0.3) is 5.83 Å². The summed E-state index contributed by atoms with van der Waals surface area (Å²) in [5.74, 6) is -1.32. The van der Waals surface area contributed by atoms with Crippen LogP contribution in [-0.2, 0) is 10.0 Å². The van der Waals surface area contributed by atoms with Gasteiger partial charge in [0.05, 0.1) is 6.26 Å². The Bertz CT molecular complexity index is 528. The van der Waals surface area contributed by atoms with Crippen molar-refractivity contribution in [3.05, 3.63) is 40.3 Å². The molecule has 0 atom stereocenters. The first-order valence-corrected chi connectivity index (χ1v) is 6.76. The van der Waals surface area contributed by atoms with E-state index in [-0.39, 0.29) is 10.0 Å². The molecule has 0 aromatic heterocycles. The molecule has 1 N–H and O–H groups in total. The molecule has 1 aromatic carbocycles. The molecule has 0 aliphatic carbocycles. The van der Waals surface area contributed by atoms with Gasteiger partial charge in [-0.1, -0.05) is 0 Å². The van der Waals surface area contributed by atoms with E-state index < -0.39 is 21.7 Å². The SMILES string of the molecule is CS(=O)(=O)N/C=C(/F)c1ccc(F)cc1Br. The van der Waals surface area contributed by atoms with E-state index in [0.717, 1.165) is 18.4 Å². The molecule has 7 heteroatoms. The molecule has 3 nitrogen and oxygen atoms in total. The van der Waals surface area contributed by atoms with Crippen LogP contribution in [0, 0.1) is 5.82 Å². The summed E-state index contributed by atoms with van der Waals surface area (Å²) in [5.41, 5.74) is 0.0672. The second-order valence-electron chi connectivity index (χ2n) is 3.01. The Morgan fingerprint density at radius 3 is 2.62 bits per heavy atom. The van der Waals surface area contributed by atoms with E-state index in [2.05, 4.69) is 15.9 Å². The summed E-state index contributed by atoms with van der Waals surface area (Å²) in [4.78, 5) is 0. The predicted molar refractivity (Wildman–Crippen MR) is 61.2 cm³/mol. The zero-order valence-corrected chi connectivity index (χ0v) is 10.6. The van der Waals surface area contributed by atoms with Crippen LogP contribution in [0.15, 0.2) is 28.9 Å². The van der Waals surface area contributed by atoms with E-state index in [1.807, 2.05) is 4.72 Å². The quantitative estimate of drug-likeness (QED) is 0.931. The van der Waals surface area contributed by atoms with Crippen LogP contribution in [0.1, 0.15) is 5.56 Å². The number of rotatable bonds is 3. The molecular weight excluding hydrogens is 304 g/mol. The molecule has 0 unspecified atom stereocenters. The second-order valence-corrected chi connectivity index (χ2v) is 5.64. The summed E-state index contributed by atoms with van der Waals surface area (Å²) in [6.07, 6.45) is 1.60. The number of benzene rings is 1. The third-order valence-electron chi connectivity index (χ3n) is 1.59. The van der Waals surface area contributed by atoms with Crippen molar-refractivity contribution < 1.29 is 17.2 Å². The largest absolute Gasteiger partial charge is 0.288 e. The van der Waals surface area contributed by atoms with Crippen molar-refractivity contribution in [2.75, 3.05) is 6.26 Å². The lowest BCUT2D eigenvalue weighted by atomic mass is 10.2. The average molecular weight is 312 g/mol. The van der Waals surface area contributed by atoms with Crippen LogP contribution in [-0.4, -0.2) is 14.7 Å². The van der Waals surface area contributed by atoms with Crippen molar-refractivity contribution in [1.29, 1.82) is 0 Å². The van der Waals surface area contributed by atoms with E-state index in [0.29, 0.717) is 6.20 Å². The Morgan fingerprint density at radius 1 is 1.50 bits per heavy atom. The fourth-order valence-corrected chi connectivity index (χ4v) is 1.78. The van der Waals surface area contributed by atoms with Crippen molar-refractivity contribution in [2.24, 2.45) is 0 Å². The third-order valence-corrected chi connectivity index (χ3v) is 2.79. The van der Waals surface area contributed by atoms with E-state index in [4.69, 9.17) is 0 Å². The fourth-order valence-electron chi connectivity index (χ4n) is 0.920. The summed E-state index contributed by atoms with van der Waals surface area (Å²) in [6, 6.07) is 3.37. The number of halogens is 3. The molecule has 88 valence electrons. The first kappa shape index (κ1) is 13.1. The van der Waals surface area contributed by atoms with Crippen LogP contribution in [0.2, 0.25) is 0 Å². The summed E-state index contributed by atoms with van der Waals surface area (Å²) < 4.78 is 49.7. The maximum atomic E-state index is 13.4. The number of nitrogens with one attached hydrogen (secondary N) is 1. The Morgan fingerprint density at radius 2 is 2.12 bits per heavy atom. The van der Waals surface area contributed by atoms with Gasteiger partial charge in [0, 0.05) is 16.2 Å². The minimum Gasteiger partial charge on any atom is -0.288 e. The van der Waals surface area contributed by atoms with E-state index >= 15 is 0 Å². The molecule has 16 heavy (non-hydrogen) atoms. The minimum atomic E-state index is -3.50. The summed E-state index contributed by atoms with van der Waals surface area (Å²) in [7, 11) is -3.50. The first-order chi connectivity index (χ1) is 7.29. The normalized spacial score (nSPS) is 12.6. The summed E-state index contributed by atoms with van der Waals surface area (Å²) in [6.45, 7) is 0. The first-order valence-electron chi connectivity index (χ1n) is 4.08. The smallest absolute Gasteiger partial charge is 0.229 e. The third kappa shape index (κ3) is 3.90. The van der Waals surface area contributed by atoms with Crippen LogP contribution in [0.3, 0.4) is 0 Å². The maximum Gasteiger partial charge on any atom is 0.229 e. The number of sulfonamides is 1. The predicted octanol–water partition coefficient (Wildman–Crippen LogP) is 2.41. The molecule has 0 fully saturated rings. The number of hydrogen-bond acceptors (Lipinski definition) is 2. The van der Waals surface area contributed by atoms with Gasteiger partial charge in [0.25, 0.3) is 0 Å². The van der Waals surface area contributed by atoms with Crippen molar-refractivity contribution in [3.63, 3.8) is 0 Å². The topological polar surface area (TPSA) is 46.2 Å². The maximum absolute atomic E-state index is 13.4. The Balaban J connectivity index is 3.01. The van der Waals surface area contributed by atoms with Gasteiger partial charge in [0.2, 0.25) is 10.0 Å². The second kappa shape index (κ2) is 4.92. The van der Waals surface area contributed by atoms with Crippen molar-refractivity contribution in [2.45, 2.75) is 0 Å². The van der Waals surface area contributed by atoms with Gasteiger partial charge in [-0.3, -0.25) is 4.72 Å². The van der Waals surface area contributed by atoms with Gasteiger partial charge in [0.15, 0.2) is 0 Å². The lowest BCUT2D eigenvalue weighted by Gasteiger charge is -2.02. The lowest BCUT2D eigenvalue weighted by molar-refractivity contribution is 0.596. The zero-order valence-electron chi connectivity index (χ0n) is 8.17. The Hall–Kier alpha value is -0.950. The van der Waals surface area contributed by atoms with Gasteiger partial charge in [-0.05, 0) is 34.1 Å². The van der Waals surface area contributed by atoms with Crippen LogP contribution >= 0.6 is 15.9 Å². The van der Waals surface area contributed by atoms with Gasteiger partial charge < -0.3 is 0 Å². The van der Waals surface area contributed by atoms with Crippen molar-refractivity contribution >= 4 is 31.8 Å². The highest BCUT2D eigenvalue weighted by atomic mass is 79.9. The van der Waals surface area contributed by atoms with Gasteiger partial charge in [-0.2, -0.15) is 0 Å². The number of hydrogen-bond donors (Lipinski definition) is 1. The van der Waals surface area contributed by atoms with Crippen LogP contribution in [0.4, 0.5) is 8.78 Å². The molecule has 1 rings (SSSR count). The lowest BCUT2D eigenvalue weighted by Crippen LogP contribution is -2.15. The van der Waals surface area contributed by atoms with Gasteiger partial charge >= 0.3 is 0 Å². The van der Waals surface area contributed by atoms with Gasteiger partial charge in [-0.25, -0.2) is 17.2 Å². The van der Waals surface area contributed by atoms with Crippen LogP contribution in [0.5, 0.6) is 0 Å². The molecule has 0 aliphatic rings. The minimum absolute atomic E-state index is 0.0672. The highest BCUT2D eigenvalue weighted by molar-refractivity contribution is 9.10. The van der Waals surface area contributed by atoms with E-state index in [1.165, 1.54) is 6.07 Å². The summed E-state index contributed by atoms with van der Waals surface area (Å²) in [5, 5.41) is 0. The molecule has 0 spiro atoms. The standard InChI is InChI=1S/C9H8BrF2NO2S/c1-16(14,15)13-5-9(12)7-3-2-6(11)4-8(7)10/h2-5,13H,1H3/b9-5+. The fraction of sp³-hybridized carbons (Fsp3) is 0.111. The van der Waals surface area contributed by atoms with Gasteiger partial charge in [0.1, 0.15) is 11.6 Å². The molecule has 0 radical (unpaired) electrons. The van der Waals surface area contributed by atoms with Crippen molar-refractivity contribution in [3.8, 4) is 0 Å². The molecule has 0 amide bonds. The van der Waals surface area contributed by atoms with E-state index in [9.17, 15) is 17.2 Å².